The first-order valence-electron chi connectivity index (χ1n) is 8.15. The number of anilines is 1. The molecule has 7 heteroatoms. The number of hydrogen-bond acceptors (Lipinski definition) is 4. The predicted molar refractivity (Wildman–Crippen MR) is 97.2 cm³/mol. The van der Waals surface area contributed by atoms with Crippen LogP contribution in [0.25, 0.3) is 5.65 Å². The van der Waals surface area contributed by atoms with Gasteiger partial charge >= 0.3 is 5.97 Å². The van der Waals surface area contributed by atoms with Crippen LogP contribution in [0.15, 0.2) is 36.5 Å². The highest BCUT2D eigenvalue weighted by Gasteiger charge is 2.21. The summed E-state index contributed by atoms with van der Waals surface area (Å²) in [6.45, 7) is 3.72. The number of hydrogen-bond donors (Lipinski definition) is 2. The van der Waals surface area contributed by atoms with E-state index in [0.717, 1.165) is 5.56 Å². The Bertz CT molecular complexity index is 1010. The molecule has 0 spiro atoms. The lowest BCUT2D eigenvalue weighted by atomic mass is 10.1. The quantitative estimate of drug-likeness (QED) is 0.735. The van der Waals surface area contributed by atoms with Crippen LogP contribution >= 0.6 is 0 Å². The number of rotatable bonds is 5. The average molecular weight is 353 g/mol. The number of nitrogens with zero attached hydrogens (tertiary/aromatic N) is 2. The Morgan fingerprint density at radius 1 is 1.31 bits per heavy atom. The van der Waals surface area contributed by atoms with E-state index in [1.165, 1.54) is 12.1 Å². The number of amides is 1. The highest BCUT2D eigenvalue weighted by atomic mass is 16.5. The summed E-state index contributed by atoms with van der Waals surface area (Å²) in [5.74, 6) is -0.826. The van der Waals surface area contributed by atoms with Gasteiger partial charge in [0.15, 0.2) is 11.4 Å². The van der Waals surface area contributed by atoms with E-state index in [4.69, 9.17) is 9.84 Å². The molecule has 0 aliphatic rings. The van der Waals surface area contributed by atoms with Gasteiger partial charge in [-0.1, -0.05) is 13.0 Å². The number of methoxy groups -OCH3 is 1. The van der Waals surface area contributed by atoms with E-state index in [9.17, 15) is 9.59 Å². The highest BCUT2D eigenvalue weighted by Crippen LogP contribution is 2.24. The molecule has 0 fully saturated rings. The van der Waals surface area contributed by atoms with E-state index < -0.39 is 5.97 Å². The Balaban J connectivity index is 2.06. The molecule has 0 aliphatic carbocycles. The number of aromatic carboxylic acids is 1. The van der Waals surface area contributed by atoms with E-state index in [-0.39, 0.29) is 11.5 Å². The number of nitrogens with one attached hydrogen (secondary N) is 1. The van der Waals surface area contributed by atoms with Gasteiger partial charge in [-0.15, -0.1) is 0 Å². The van der Waals surface area contributed by atoms with Crippen LogP contribution in [0.1, 0.15) is 39.0 Å². The first kappa shape index (κ1) is 17.5. The Hall–Kier alpha value is -3.35. The summed E-state index contributed by atoms with van der Waals surface area (Å²) in [6, 6.07) is 8.18. The predicted octanol–water partition coefficient (Wildman–Crippen LogP) is 3.16. The van der Waals surface area contributed by atoms with E-state index in [0.29, 0.717) is 34.9 Å². The number of ether oxygens (including phenoxy) is 1. The molecule has 3 aromatic rings. The van der Waals surface area contributed by atoms with Crippen molar-refractivity contribution < 1.29 is 19.4 Å². The number of carboxylic acid groups (broad SMARTS) is 1. The number of benzene rings is 1. The summed E-state index contributed by atoms with van der Waals surface area (Å²) in [6.07, 6.45) is 2.32. The Labute approximate surface area is 150 Å². The van der Waals surface area contributed by atoms with Crippen LogP contribution in [-0.2, 0) is 6.42 Å². The summed E-state index contributed by atoms with van der Waals surface area (Å²) in [7, 11) is 1.55. The zero-order valence-electron chi connectivity index (χ0n) is 14.7. The number of fused-ring (bicyclic) bond motifs is 1. The summed E-state index contributed by atoms with van der Waals surface area (Å²) in [4.78, 5) is 28.6. The van der Waals surface area contributed by atoms with E-state index >= 15 is 0 Å². The van der Waals surface area contributed by atoms with Gasteiger partial charge < -0.3 is 15.2 Å². The maximum atomic E-state index is 12.9. The van der Waals surface area contributed by atoms with Crippen molar-refractivity contribution >= 4 is 23.2 Å². The Kier molecular flexibility index (Phi) is 4.62. The van der Waals surface area contributed by atoms with Gasteiger partial charge in [0, 0.05) is 11.9 Å². The lowest BCUT2D eigenvalue weighted by Crippen LogP contribution is -2.17. The maximum absolute atomic E-state index is 12.9. The van der Waals surface area contributed by atoms with Gasteiger partial charge in [-0.25, -0.2) is 9.78 Å². The third-order valence-corrected chi connectivity index (χ3v) is 4.19. The van der Waals surface area contributed by atoms with Crippen LogP contribution in [0.5, 0.6) is 5.75 Å². The maximum Gasteiger partial charge on any atom is 0.335 e. The molecule has 1 amide bonds. The molecule has 1 aromatic carbocycles. The number of aryl methyl sites for hydroxylation is 2. The third kappa shape index (κ3) is 2.99. The lowest BCUT2D eigenvalue weighted by molar-refractivity contribution is 0.0696. The van der Waals surface area contributed by atoms with Crippen molar-refractivity contribution in [3.8, 4) is 5.75 Å². The average Bonchev–Trinajstić information content (AvgIpc) is 3.02. The van der Waals surface area contributed by atoms with Crippen molar-refractivity contribution in [3.63, 3.8) is 0 Å². The van der Waals surface area contributed by atoms with Gasteiger partial charge in [0.05, 0.1) is 18.4 Å². The zero-order chi connectivity index (χ0) is 18.8. The summed E-state index contributed by atoms with van der Waals surface area (Å²) in [5.41, 5.74) is 2.94. The van der Waals surface area contributed by atoms with Crippen molar-refractivity contribution in [1.82, 2.24) is 9.38 Å². The van der Waals surface area contributed by atoms with Gasteiger partial charge in [0.25, 0.3) is 5.91 Å². The molecule has 0 aliphatic heterocycles. The van der Waals surface area contributed by atoms with E-state index in [1.54, 1.807) is 42.8 Å². The molecule has 2 aromatic heterocycles. The van der Waals surface area contributed by atoms with Gasteiger partial charge in [0.2, 0.25) is 0 Å². The van der Waals surface area contributed by atoms with Crippen LogP contribution in [0.2, 0.25) is 0 Å². The first-order chi connectivity index (χ1) is 12.5. The molecule has 0 unspecified atom stereocenters. The van der Waals surface area contributed by atoms with Gasteiger partial charge in [-0.3, -0.25) is 9.20 Å². The molecule has 26 heavy (non-hydrogen) atoms. The van der Waals surface area contributed by atoms with Crippen LogP contribution in [0.4, 0.5) is 5.69 Å². The SMILES string of the molecule is CCc1nc2c(OC)cccn2c1C(=O)Nc1cc(C(=O)O)ccc1C. The number of pyridine rings is 1. The molecular weight excluding hydrogens is 334 g/mol. The fraction of sp³-hybridized carbons (Fsp3) is 0.211. The van der Waals surface area contributed by atoms with Crippen LogP contribution in [0, 0.1) is 6.92 Å². The van der Waals surface area contributed by atoms with Crippen molar-refractivity contribution in [2.24, 2.45) is 0 Å². The molecule has 134 valence electrons. The van der Waals surface area contributed by atoms with Crippen LogP contribution < -0.4 is 10.1 Å². The van der Waals surface area contributed by atoms with Gasteiger partial charge in [-0.2, -0.15) is 0 Å². The largest absolute Gasteiger partial charge is 0.493 e. The summed E-state index contributed by atoms with van der Waals surface area (Å²) < 4.78 is 7.00. The molecule has 0 radical (unpaired) electrons. The smallest absolute Gasteiger partial charge is 0.335 e. The van der Waals surface area contributed by atoms with Crippen molar-refractivity contribution in [3.05, 3.63) is 59.0 Å². The van der Waals surface area contributed by atoms with Gasteiger partial charge in [0.1, 0.15) is 5.69 Å². The Morgan fingerprint density at radius 3 is 2.73 bits per heavy atom. The molecule has 2 heterocycles. The molecule has 0 bridgehead atoms. The molecule has 2 N–H and O–H groups in total. The van der Waals surface area contributed by atoms with Crippen molar-refractivity contribution in [2.75, 3.05) is 12.4 Å². The summed E-state index contributed by atoms with van der Waals surface area (Å²) >= 11 is 0. The minimum atomic E-state index is -1.05. The highest BCUT2D eigenvalue weighted by molar-refractivity contribution is 6.05. The topological polar surface area (TPSA) is 92.9 Å². The summed E-state index contributed by atoms with van der Waals surface area (Å²) in [5, 5.41) is 12.0. The molecule has 7 nitrogen and oxygen atoms in total. The second kappa shape index (κ2) is 6.87. The molecule has 3 rings (SSSR count). The monoisotopic (exact) mass is 353 g/mol. The molecular formula is C19H19N3O4. The lowest BCUT2D eigenvalue weighted by Gasteiger charge is -2.10. The van der Waals surface area contributed by atoms with Crippen LogP contribution in [-0.4, -0.2) is 33.5 Å². The first-order valence-corrected chi connectivity index (χ1v) is 8.15. The number of imidazole rings is 1. The standard InChI is InChI=1S/C19H19N3O4/c1-4-13-16(22-9-5-6-15(26-3)17(22)20-13)18(23)21-14-10-12(19(24)25)8-7-11(14)2/h5-10H,4H2,1-3H3,(H,21,23)(H,24,25). The second-order valence-electron chi connectivity index (χ2n) is 5.82. The van der Waals surface area contributed by atoms with E-state index in [2.05, 4.69) is 10.3 Å². The van der Waals surface area contributed by atoms with Crippen LogP contribution in [0.3, 0.4) is 0 Å². The third-order valence-electron chi connectivity index (χ3n) is 4.19. The normalized spacial score (nSPS) is 10.7. The van der Waals surface area contributed by atoms with Crippen molar-refractivity contribution in [2.45, 2.75) is 20.3 Å². The molecule has 0 saturated heterocycles. The zero-order valence-corrected chi connectivity index (χ0v) is 14.7. The fourth-order valence-electron chi connectivity index (χ4n) is 2.81. The number of carbonyl (C=O) groups is 2. The number of carboxylic acids is 1. The second-order valence-corrected chi connectivity index (χ2v) is 5.82. The van der Waals surface area contributed by atoms with E-state index in [1.807, 2.05) is 6.92 Å². The van der Waals surface area contributed by atoms with Crippen molar-refractivity contribution in [1.29, 1.82) is 0 Å². The number of carbonyl (C=O) groups excluding carboxylic acids is 1. The molecule has 0 atom stereocenters. The number of aromatic nitrogens is 2. The fourth-order valence-corrected chi connectivity index (χ4v) is 2.81. The minimum Gasteiger partial charge on any atom is -0.493 e. The van der Waals surface area contributed by atoms with Gasteiger partial charge in [-0.05, 0) is 43.2 Å². The minimum absolute atomic E-state index is 0.112. The Morgan fingerprint density at radius 2 is 2.08 bits per heavy atom. The molecule has 0 saturated carbocycles.